The fourth-order valence-corrected chi connectivity index (χ4v) is 3.54. The Hall–Kier alpha value is -2.30. The van der Waals surface area contributed by atoms with Crippen molar-refractivity contribution in [3.63, 3.8) is 0 Å². The number of piperidine rings is 1. The van der Waals surface area contributed by atoms with Crippen LogP contribution in [0.5, 0.6) is 0 Å². The Morgan fingerprint density at radius 2 is 1.42 bits per heavy atom. The zero-order chi connectivity index (χ0) is 16.2. The van der Waals surface area contributed by atoms with E-state index >= 15 is 0 Å². The maximum atomic E-state index is 4.66. The predicted octanol–water partition coefficient (Wildman–Crippen LogP) is 3.81. The number of nitrogens with one attached hydrogen (secondary N) is 1. The lowest BCUT2D eigenvalue weighted by molar-refractivity contribution is 0.578. The summed E-state index contributed by atoms with van der Waals surface area (Å²) in [6.45, 7) is 4.48. The van der Waals surface area contributed by atoms with E-state index in [1.807, 2.05) is 12.3 Å². The van der Waals surface area contributed by atoms with Gasteiger partial charge in [-0.3, -0.25) is 0 Å². The minimum Gasteiger partial charge on any atom is -0.372 e. The van der Waals surface area contributed by atoms with E-state index in [2.05, 4.69) is 49.4 Å². The minimum atomic E-state index is 0.836. The molecule has 1 aromatic carbocycles. The van der Waals surface area contributed by atoms with Gasteiger partial charge in [-0.25, -0.2) is 4.98 Å². The minimum absolute atomic E-state index is 0.836. The van der Waals surface area contributed by atoms with Crippen molar-refractivity contribution in [2.45, 2.75) is 32.1 Å². The van der Waals surface area contributed by atoms with Gasteiger partial charge >= 0.3 is 0 Å². The van der Waals surface area contributed by atoms with E-state index in [4.69, 9.17) is 0 Å². The van der Waals surface area contributed by atoms with Gasteiger partial charge in [0.15, 0.2) is 0 Å². The summed E-state index contributed by atoms with van der Waals surface area (Å²) in [7, 11) is 0. The number of benzene rings is 1. The molecule has 0 spiro atoms. The van der Waals surface area contributed by atoms with Gasteiger partial charge in [0.1, 0.15) is 5.82 Å². The summed E-state index contributed by atoms with van der Waals surface area (Å²) >= 11 is 0. The largest absolute Gasteiger partial charge is 0.372 e. The van der Waals surface area contributed by atoms with E-state index in [9.17, 15) is 0 Å². The number of anilines is 4. The predicted molar refractivity (Wildman–Crippen MR) is 99.3 cm³/mol. The molecule has 2 fully saturated rings. The molecule has 0 unspecified atom stereocenters. The monoisotopic (exact) mass is 323 g/mol. The van der Waals surface area contributed by atoms with Gasteiger partial charge in [-0.05, 0) is 62.4 Å². The number of nitrogens with zero attached hydrogens (tertiary/aromatic N) is 4. The van der Waals surface area contributed by atoms with Crippen LogP contribution in [0.4, 0.5) is 23.1 Å². The van der Waals surface area contributed by atoms with Gasteiger partial charge in [0.2, 0.25) is 5.95 Å². The number of aromatic nitrogens is 2. The molecule has 5 heteroatoms. The quantitative estimate of drug-likeness (QED) is 0.927. The Balaban J connectivity index is 1.44. The van der Waals surface area contributed by atoms with Crippen molar-refractivity contribution < 1.29 is 0 Å². The molecule has 0 bridgehead atoms. The molecule has 0 saturated carbocycles. The van der Waals surface area contributed by atoms with Crippen LogP contribution in [0.3, 0.4) is 0 Å². The highest BCUT2D eigenvalue weighted by Crippen LogP contribution is 2.24. The summed E-state index contributed by atoms with van der Waals surface area (Å²) < 4.78 is 0. The average Bonchev–Trinajstić information content (AvgIpc) is 3.18. The van der Waals surface area contributed by atoms with Crippen LogP contribution in [0.1, 0.15) is 32.1 Å². The molecule has 1 aromatic heterocycles. The van der Waals surface area contributed by atoms with Crippen molar-refractivity contribution in [1.29, 1.82) is 0 Å². The Bertz CT molecular complexity index is 658. The molecule has 2 saturated heterocycles. The zero-order valence-electron chi connectivity index (χ0n) is 14.1. The van der Waals surface area contributed by atoms with Crippen molar-refractivity contribution in [1.82, 2.24) is 9.97 Å². The van der Waals surface area contributed by atoms with Crippen molar-refractivity contribution in [2.24, 2.45) is 0 Å². The van der Waals surface area contributed by atoms with Crippen LogP contribution >= 0.6 is 0 Å². The number of hydrogen-bond donors (Lipinski definition) is 1. The fraction of sp³-hybridized carbons (Fsp3) is 0.474. The highest BCUT2D eigenvalue weighted by molar-refractivity contribution is 5.61. The second-order valence-corrected chi connectivity index (χ2v) is 6.66. The van der Waals surface area contributed by atoms with Crippen LogP contribution in [0.15, 0.2) is 36.5 Å². The van der Waals surface area contributed by atoms with Crippen LogP contribution in [0.25, 0.3) is 0 Å². The summed E-state index contributed by atoms with van der Waals surface area (Å²) in [6, 6.07) is 10.6. The van der Waals surface area contributed by atoms with Crippen molar-refractivity contribution in [3.05, 3.63) is 36.5 Å². The van der Waals surface area contributed by atoms with Gasteiger partial charge in [-0.15, -0.1) is 0 Å². The second kappa shape index (κ2) is 7.07. The smallest absolute Gasteiger partial charge is 0.227 e. The molecular weight excluding hydrogens is 298 g/mol. The molecule has 5 nitrogen and oxygen atoms in total. The topological polar surface area (TPSA) is 44.3 Å². The summed E-state index contributed by atoms with van der Waals surface area (Å²) in [5.74, 6) is 1.69. The van der Waals surface area contributed by atoms with Crippen molar-refractivity contribution >= 4 is 23.1 Å². The number of rotatable bonds is 4. The van der Waals surface area contributed by atoms with Crippen LogP contribution in [-0.2, 0) is 0 Å². The first-order valence-corrected chi connectivity index (χ1v) is 9.08. The van der Waals surface area contributed by atoms with E-state index in [-0.39, 0.29) is 0 Å². The molecule has 24 heavy (non-hydrogen) atoms. The van der Waals surface area contributed by atoms with E-state index in [1.54, 1.807) is 0 Å². The lowest BCUT2D eigenvalue weighted by atomic mass is 10.1. The number of hydrogen-bond acceptors (Lipinski definition) is 5. The fourth-order valence-electron chi connectivity index (χ4n) is 3.54. The summed E-state index contributed by atoms with van der Waals surface area (Å²) in [5, 5.41) is 3.40. The maximum absolute atomic E-state index is 4.66. The van der Waals surface area contributed by atoms with Gasteiger partial charge in [0, 0.05) is 43.8 Å². The average molecular weight is 323 g/mol. The first-order valence-electron chi connectivity index (χ1n) is 9.08. The third-order valence-corrected chi connectivity index (χ3v) is 4.89. The van der Waals surface area contributed by atoms with E-state index in [0.717, 1.165) is 30.5 Å². The molecule has 2 aliphatic heterocycles. The van der Waals surface area contributed by atoms with Crippen molar-refractivity contribution in [2.75, 3.05) is 41.3 Å². The first-order chi connectivity index (χ1) is 11.9. The van der Waals surface area contributed by atoms with Crippen LogP contribution in [0, 0.1) is 0 Å². The Labute approximate surface area is 143 Å². The van der Waals surface area contributed by atoms with Crippen LogP contribution in [0.2, 0.25) is 0 Å². The van der Waals surface area contributed by atoms with Crippen molar-refractivity contribution in [3.8, 4) is 0 Å². The molecule has 2 aliphatic rings. The molecule has 4 rings (SSSR count). The molecule has 3 heterocycles. The standard InChI is InChI=1S/C19H25N5/c1-2-12-23(13-3-1)17-8-6-16(7-9-17)21-18-10-11-20-19(22-18)24-14-4-5-15-24/h6-11H,1-5,12-15H2,(H,20,21,22). The molecule has 2 aromatic rings. The van der Waals surface area contributed by atoms with Crippen LogP contribution in [-0.4, -0.2) is 36.1 Å². The molecule has 0 amide bonds. The van der Waals surface area contributed by atoms with Gasteiger partial charge in [-0.1, -0.05) is 0 Å². The van der Waals surface area contributed by atoms with Gasteiger partial charge < -0.3 is 15.1 Å². The molecule has 1 N–H and O–H groups in total. The lowest BCUT2D eigenvalue weighted by Crippen LogP contribution is -2.29. The van der Waals surface area contributed by atoms with Gasteiger partial charge in [0.25, 0.3) is 0 Å². The molecular formula is C19H25N5. The highest BCUT2D eigenvalue weighted by atomic mass is 15.3. The zero-order valence-corrected chi connectivity index (χ0v) is 14.1. The summed E-state index contributed by atoms with van der Waals surface area (Å²) in [4.78, 5) is 13.8. The molecule has 0 aliphatic carbocycles. The Morgan fingerprint density at radius 3 is 2.17 bits per heavy atom. The van der Waals surface area contributed by atoms with Gasteiger partial charge in [-0.2, -0.15) is 4.98 Å². The molecule has 0 radical (unpaired) electrons. The third-order valence-electron chi connectivity index (χ3n) is 4.89. The normalized spacial score (nSPS) is 18.0. The SMILES string of the molecule is c1cc(Nc2ccc(N3CCCCC3)cc2)nc(N2CCCC2)n1. The summed E-state index contributed by atoms with van der Waals surface area (Å²) in [5.41, 5.74) is 2.39. The third kappa shape index (κ3) is 3.45. The highest BCUT2D eigenvalue weighted by Gasteiger charge is 2.15. The van der Waals surface area contributed by atoms with E-state index in [0.29, 0.717) is 0 Å². The Kier molecular flexibility index (Phi) is 4.49. The first kappa shape index (κ1) is 15.2. The summed E-state index contributed by atoms with van der Waals surface area (Å²) in [6.07, 6.45) is 8.28. The van der Waals surface area contributed by atoms with E-state index < -0.39 is 0 Å². The Morgan fingerprint density at radius 1 is 0.750 bits per heavy atom. The van der Waals surface area contributed by atoms with Crippen LogP contribution < -0.4 is 15.1 Å². The lowest BCUT2D eigenvalue weighted by Gasteiger charge is -2.28. The molecule has 0 atom stereocenters. The second-order valence-electron chi connectivity index (χ2n) is 6.66. The maximum Gasteiger partial charge on any atom is 0.227 e. The van der Waals surface area contributed by atoms with E-state index in [1.165, 1.54) is 50.9 Å². The molecule has 126 valence electrons. The van der Waals surface area contributed by atoms with Gasteiger partial charge in [0.05, 0.1) is 0 Å².